The van der Waals surface area contributed by atoms with Crippen LogP contribution in [0.25, 0.3) is 0 Å². The Labute approximate surface area is 487 Å². The second-order valence-electron chi connectivity index (χ2n) is 24.0. The van der Waals surface area contributed by atoms with Crippen LogP contribution < -0.4 is 0 Å². The third kappa shape index (κ3) is 37.7. The molecule has 2 aliphatic heterocycles. The molecule has 0 aliphatic carbocycles. The van der Waals surface area contributed by atoms with Gasteiger partial charge in [0.2, 0.25) is 0 Å². The molecule has 7 N–H and O–H groups in total. The molecule has 0 amide bonds. The maximum absolute atomic E-state index is 13.1. The van der Waals surface area contributed by atoms with Crippen molar-refractivity contribution in [1.82, 2.24) is 0 Å². The molecule has 15 heteroatoms. The number of carbonyl (C=O) groups is 2. The number of aliphatic hydroxyl groups excluding tert-OH is 7. The Hall–Kier alpha value is -1.50. The smallest absolute Gasteiger partial charge is 0.306 e. The molecule has 0 radical (unpaired) electrons. The fourth-order valence-electron chi connectivity index (χ4n) is 11.2. The van der Waals surface area contributed by atoms with Crippen LogP contribution in [0.1, 0.15) is 309 Å². The molecule has 2 rings (SSSR count). The van der Waals surface area contributed by atoms with E-state index in [4.69, 9.17) is 28.4 Å². The van der Waals surface area contributed by atoms with E-state index in [0.717, 1.165) is 38.5 Å². The van der Waals surface area contributed by atoms with E-state index in [0.29, 0.717) is 12.8 Å². The van der Waals surface area contributed by atoms with Crippen LogP contribution in [-0.2, 0) is 38.0 Å². The molecule has 0 spiro atoms. The first-order chi connectivity index (χ1) is 39.0. The molecular weight excluding hydrogens is 1020 g/mol. The van der Waals surface area contributed by atoms with Gasteiger partial charge in [0.25, 0.3) is 0 Å². The van der Waals surface area contributed by atoms with Crippen molar-refractivity contribution in [3.63, 3.8) is 0 Å². The molecule has 11 atom stereocenters. The summed E-state index contributed by atoms with van der Waals surface area (Å²) in [5.41, 5.74) is 0. The van der Waals surface area contributed by atoms with Gasteiger partial charge in [-0.1, -0.05) is 284 Å². The fraction of sp³-hybridized carbons (Fsp3) is 0.969. The zero-order valence-corrected chi connectivity index (χ0v) is 51.1. The molecule has 0 aromatic heterocycles. The lowest BCUT2D eigenvalue weighted by Crippen LogP contribution is -2.61. The van der Waals surface area contributed by atoms with Crippen LogP contribution in [-0.4, -0.2) is 142 Å². The van der Waals surface area contributed by atoms with E-state index in [-0.39, 0.29) is 26.1 Å². The molecule has 0 saturated carbocycles. The van der Waals surface area contributed by atoms with Gasteiger partial charge in [-0.15, -0.1) is 0 Å². The highest BCUT2D eigenvalue weighted by Crippen LogP contribution is 2.27. The van der Waals surface area contributed by atoms with Gasteiger partial charge in [0.05, 0.1) is 19.8 Å². The SMILES string of the molecule is CCCCCCCCCCCCCCCCCCCCCCCCCC(=O)OC(COC(=O)CCCCCCCCCCCCCCCCCCCCCCC)COC1OC(COC2OC(CO)C(O)C(O)C2O)C(O)C(O)C1O. The van der Waals surface area contributed by atoms with Crippen molar-refractivity contribution >= 4 is 11.9 Å². The van der Waals surface area contributed by atoms with Crippen molar-refractivity contribution in [3.8, 4) is 0 Å². The van der Waals surface area contributed by atoms with Gasteiger partial charge in [0.1, 0.15) is 55.4 Å². The average Bonchev–Trinajstić information content (AvgIpc) is 3.52. The van der Waals surface area contributed by atoms with E-state index in [9.17, 15) is 45.3 Å². The third-order valence-electron chi connectivity index (χ3n) is 16.6. The van der Waals surface area contributed by atoms with E-state index >= 15 is 0 Å². The molecule has 2 fully saturated rings. The van der Waals surface area contributed by atoms with Crippen LogP contribution in [0.3, 0.4) is 0 Å². The van der Waals surface area contributed by atoms with Crippen LogP contribution >= 0.6 is 0 Å². The normalized spacial score (nSPS) is 23.6. The zero-order chi connectivity index (χ0) is 58.1. The fourth-order valence-corrected chi connectivity index (χ4v) is 11.2. The highest BCUT2D eigenvalue weighted by atomic mass is 16.7. The standard InChI is InChI=1S/C65H124O15/c1-3-5-7-9-11-13-15-17-19-21-23-25-26-28-30-32-34-36-38-40-42-44-46-48-57(68)78-53(51-76-64-63(74)61(72)59(70)55(80-64)52-77-65-62(73)60(71)58(69)54(49-66)79-65)50-75-56(67)47-45-43-41-39-37-35-33-31-29-27-24-22-20-18-16-14-12-10-8-6-4-2/h53-55,58-66,69-74H,3-52H2,1-2H3. The molecule has 15 nitrogen and oxygen atoms in total. The predicted molar refractivity (Wildman–Crippen MR) is 317 cm³/mol. The number of ether oxygens (including phenoxy) is 6. The van der Waals surface area contributed by atoms with Crippen LogP contribution in [0, 0.1) is 0 Å². The quantitative estimate of drug-likeness (QED) is 0.0222. The molecule has 2 aliphatic rings. The number of aliphatic hydroxyl groups is 7. The second kappa shape index (κ2) is 51.9. The van der Waals surface area contributed by atoms with E-state index in [1.54, 1.807) is 0 Å². The molecule has 2 saturated heterocycles. The van der Waals surface area contributed by atoms with Crippen molar-refractivity contribution in [2.24, 2.45) is 0 Å². The summed E-state index contributed by atoms with van der Waals surface area (Å²) in [4.78, 5) is 26.0. The highest BCUT2D eigenvalue weighted by molar-refractivity contribution is 5.70. The number of unbranched alkanes of at least 4 members (excludes halogenated alkanes) is 42. The van der Waals surface area contributed by atoms with Crippen molar-refractivity contribution in [3.05, 3.63) is 0 Å². The molecule has 0 aromatic rings. The molecule has 0 aromatic carbocycles. The van der Waals surface area contributed by atoms with Gasteiger partial charge in [-0.25, -0.2) is 0 Å². The first kappa shape index (κ1) is 74.6. The van der Waals surface area contributed by atoms with Gasteiger partial charge in [-0.3, -0.25) is 9.59 Å². The number of esters is 2. The molecule has 11 unspecified atom stereocenters. The Balaban J connectivity index is 1.68. The summed E-state index contributed by atoms with van der Waals surface area (Å²) in [6.07, 6.45) is 39.9. The summed E-state index contributed by atoms with van der Waals surface area (Å²) < 4.78 is 33.8. The monoisotopic (exact) mass is 1140 g/mol. The van der Waals surface area contributed by atoms with Gasteiger partial charge >= 0.3 is 11.9 Å². The maximum Gasteiger partial charge on any atom is 0.306 e. The Morgan fingerprint density at radius 2 is 0.637 bits per heavy atom. The zero-order valence-electron chi connectivity index (χ0n) is 51.1. The summed E-state index contributed by atoms with van der Waals surface area (Å²) in [6.45, 7) is 2.69. The molecule has 474 valence electrons. The van der Waals surface area contributed by atoms with E-state index in [1.165, 1.54) is 231 Å². The number of hydrogen-bond donors (Lipinski definition) is 7. The van der Waals surface area contributed by atoms with E-state index < -0.39 is 92.7 Å². The summed E-state index contributed by atoms with van der Waals surface area (Å²) >= 11 is 0. The molecular formula is C65H124O15. The minimum atomic E-state index is -1.76. The van der Waals surface area contributed by atoms with Crippen molar-refractivity contribution in [1.29, 1.82) is 0 Å². The topological polar surface area (TPSA) is 231 Å². The van der Waals surface area contributed by atoms with Crippen LogP contribution in [0.4, 0.5) is 0 Å². The summed E-state index contributed by atoms with van der Waals surface area (Å²) in [6, 6.07) is 0. The Kier molecular flexibility index (Phi) is 48.4. The number of hydrogen-bond acceptors (Lipinski definition) is 15. The van der Waals surface area contributed by atoms with E-state index in [2.05, 4.69) is 13.8 Å². The Bertz CT molecular complexity index is 1390. The van der Waals surface area contributed by atoms with Crippen LogP contribution in [0.5, 0.6) is 0 Å². The molecule has 2 heterocycles. The number of rotatable bonds is 56. The van der Waals surface area contributed by atoms with Gasteiger partial charge < -0.3 is 64.2 Å². The lowest BCUT2D eigenvalue weighted by Gasteiger charge is -2.42. The van der Waals surface area contributed by atoms with Gasteiger partial charge in [-0.05, 0) is 12.8 Å². The minimum absolute atomic E-state index is 0.175. The molecule has 80 heavy (non-hydrogen) atoms. The van der Waals surface area contributed by atoms with Crippen LogP contribution in [0.2, 0.25) is 0 Å². The summed E-state index contributed by atoms with van der Waals surface area (Å²) in [5, 5.41) is 72.5. The first-order valence-corrected chi connectivity index (χ1v) is 33.6. The van der Waals surface area contributed by atoms with Gasteiger partial charge in [-0.2, -0.15) is 0 Å². The largest absolute Gasteiger partial charge is 0.462 e. The van der Waals surface area contributed by atoms with E-state index in [1.807, 2.05) is 0 Å². The first-order valence-electron chi connectivity index (χ1n) is 33.6. The Morgan fingerprint density at radius 1 is 0.350 bits per heavy atom. The summed E-state index contributed by atoms with van der Waals surface area (Å²) in [7, 11) is 0. The van der Waals surface area contributed by atoms with Crippen molar-refractivity contribution in [2.75, 3.05) is 26.4 Å². The summed E-state index contributed by atoms with van der Waals surface area (Å²) in [5.74, 6) is -0.898. The maximum atomic E-state index is 13.1. The average molecular weight is 1150 g/mol. The van der Waals surface area contributed by atoms with Gasteiger partial charge in [0, 0.05) is 12.8 Å². The van der Waals surface area contributed by atoms with Crippen LogP contribution in [0.15, 0.2) is 0 Å². The minimum Gasteiger partial charge on any atom is -0.462 e. The predicted octanol–water partition coefficient (Wildman–Crippen LogP) is 13.1. The third-order valence-corrected chi connectivity index (χ3v) is 16.6. The lowest BCUT2D eigenvalue weighted by molar-refractivity contribution is -0.332. The highest BCUT2D eigenvalue weighted by Gasteiger charge is 2.47. The van der Waals surface area contributed by atoms with Crippen molar-refractivity contribution in [2.45, 2.75) is 377 Å². The molecule has 0 bridgehead atoms. The van der Waals surface area contributed by atoms with Crippen molar-refractivity contribution < 1.29 is 73.8 Å². The van der Waals surface area contributed by atoms with Gasteiger partial charge in [0.15, 0.2) is 18.7 Å². The lowest BCUT2D eigenvalue weighted by atomic mass is 9.98. The number of carbonyl (C=O) groups excluding carboxylic acids is 2. The second-order valence-corrected chi connectivity index (χ2v) is 24.0. The Morgan fingerprint density at radius 3 is 0.975 bits per heavy atom.